The number of nitro groups is 1. The molecule has 0 spiro atoms. The zero-order valence-corrected chi connectivity index (χ0v) is 12.3. The third kappa shape index (κ3) is 4.72. The molecular formula is C12H15ClN2O3S. The number of amides is 1. The number of carbonyl (C=O) groups is 1. The maximum absolute atomic E-state index is 12.0. The summed E-state index contributed by atoms with van der Waals surface area (Å²) in [5.41, 5.74) is -0.0156. The van der Waals surface area contributed by atoms with Crippen molar-refractivity contribution in [3.05, 3.63) is 38.9 Å². The van der Waals surface area contributed by atoms with Crippen LogP contribution in [0, 0.1) is 10.1 Å². The van der Waals surface area contributed by atoms with Gasteiger partial charge in [0, 0.05) is 18.2 Å². The first-order chi connectivity index (χ1) is 8.95. The summed E-state index contributed by atoms with van der Waals surface area (Å²) in [6.07, 6.45) is 2.82. The molecule has 0 aliphatic heterocycles. The third-order valence-electron chi connectivity index (χ3n) is 2.54. The lowest BCUT2D eigenvalue weighted by molar-refractivity contribution is -0.384. The lowest BCUT2D eigenvalue weighted by atomic mass is 10.1. The molecule has 1 aromatic carbocycles. The largest absolute Gasteiger partial charge is 0.350 e. The van der Waals surface area contributed by atoms with Crippen molar-refractivity contribution >= 4 is 35.0 Å². The predicted molar refractivity (Wildman–Crippen MR) is 78.0 cm³/mol. The number of hydrogen-bond donors (Lipinski definition) is 1. The number of benzene rings is 1. The van der Waals surface area contributed by atoms with Crippen molar-refractivity contribution in [1.82, 2.24) is 5.32 Å². The first-order valence-electron chi connectivity index (χ1n) is 5.69. The van der Waals surface area contributed by atoms with Crippen molar-refractivity contribution in [2.75, 3.05) is 12.0 Å². The molecule has 0 radical (unpaired) electrons. The van der Waals surface area contributed by atoms with Crippen molar-refractivity contribution in [2.24, 2.45) is 0 Å². The second-order valence-corrected chi connectivity index (χ2v) is 5.47. The van der Waals surface area contributed by atoms with E-state index in [0.29, 0.717) is 0 Å². The molecule has 0 aromatic heterocycles. The van der Waals surface area contributed by atoms with Crippen LogP contribution in [0.25, 0.3) is 0 Å². The van der Waals surface area contributed by atoms with Crippen molar-refractivity contribution < 1.29 is 9.72 Å². The molecule has 0 bridgehead atoms. The molecule has 104 valence electrons. The predicted octanol–water partition coefficient (Wildman–Crippen LogP) is 3.12. The highest BCUT2D eigenvalue weighted by molar-refractivity contribution is 7.98. The van der Waals surface area contributed by atoms with Gasteiger partial charge >= 0.3 is 0 Å². The Labute approximate surface area is 120 Å². The summed E-state index contributed by atoms with van der Waals surface area (Å²) in [5, 5.41) is 13.7. The van der Waals surface area contributed by atoms with Gasteiger partial charge in [0.2, 0.25) is 0 Å². The van der Waals surface area contributed by atoms with E-state index in [4.69, 9.17) is 11.6 Å². The zero-order chi connectivity index (χ0) is 14.4. The summed E-state index contributed by atoms with van der Waals surface area (Å²) in [6, 6.07) is 3.83. The minimum Gasteiger partial charge on any atom is -0.350 e. The Morgan fingerprint density at radius 2 is 2.26 bits per heavy atom. The van der Waals surface area contributed by atoms with Crippen molar-refractivity contribution in [3.63, 3.8) is 0 Å². The highest BCUT2D eigenvalue weighted by Crippen LogP contribution is 2.22. The van der Waals surface area contributed by atoms with Gasteiger partial charge in [0.15, 0.2) is 0 Å². The van der Waals surface area contributed by atoms with E-state index in [1.165, 1.54) is 18.2 Å². The third-order valence-corrected chi connectivity index (χ3v) is 3.51. The highest BCUT2D eigenvalue weighted by atomic mass is 35.5. The fourth-order valence-electron chi connectivity index (χ4n) is 1.47. The minimum atomic E-state index is -0.551. The maximum atomic E-state index is 12.0. The number of thioether (sulfide) groups is 1. The first kappa shape index (κ1) is 15.8. The SMILES string of the molecule is CSCCC(C)NC(=O)c1cc([N+](=O)[O-])ccc1Cl. The number of rotatable bonds is 6. The van der Waals surface area contributed by atoms with Crippen LogP contribution in [-0.4, -0.2) is 28.9 Å². The molecule has 0 fully saturated rings. The lowest BCUT2D eigenvalue weighted by Crippen LogP contribution is -2.33. The van der Waals surface area contributed by atoms with E-state index in [9.17, 15) is 14.9 Å². The Morgan fingerprint density at radius 1 is 1.58 bits per heavy atom. The van der Waals surface area contributed by atoms with Crippen LogP contribution >= 0.6 is 23.4 Å². The van der Waals surface area contributed by atoms with Gasteiger partial charge in [0.25, 0.3) is 11.6 Å². The van der Waals surface area contributed by atoms with Gasteiger partial charge in [-0.15, -0.1) is 0 Å². The molecule has 7 heteroatoms. The molecule has 1 rings (SSSR count). The Balaban J connectivity index is 2.81. The summed E-state index contributed by atoms with van der Waals surface area (Å²) in [7, 11) is 0. The summed E-state index contributed by atoms with van der Waals surface area (Å²) in [4.78, 5) is 22.1. The van der Waals surface area contributed by atoms with Crippen LogP contribution < -0.4 is 5.32 Å². The summed E-state index contributed by atoms with van der Waals surface area (Å²) >= 11 is 7.59. The molecule has 0 heterocycles. The molecule has 0 saturated heterocycles. The Kier molecular flexibility index (Phi) is 6.11. The van der Waals surface area contributed by atoms with E-state index < -0.39 is 4.92 Å². The van der Waals surface area contributed by atoms with Gasteiger partial charge in [-0.1, -0.05) is 11.6 Å². The summed E-state index contributed by atoms with van der Waals surface area (Å²) in [5.74, 6) is 0.548. The Hall–Kier alpha value is -1.27. The number of halogens is 1. The Morgan fingerprint density at radius 3 is 2.84 bits per heavy atom. The van der Waals surface area contributed by atoms with E-state index in [1.807, 2.05) is 13.2 Å². The number of carbonyl (C=O) groups excluding carboxylic acids is 1. The monoisotopic (exact) mass is 302 g/mol. The average molecular weight is 303 g/mol. The highest BCUT2D eigenvalue weighted by Gasteiger charge is 2.17. The maximum Gasteiger partial charge on any atom is 0.270 e. The van der Waals surface area contributed by atoms with Crippen molar-refractivity contribution in [3.8, 4) is 0 Å². The fraction of sp³-hybridized carbons (Fsp3) is 0.417. The molecule has 0 aliphatic rings. The molecule has 1 aromatic rings. The van der Waals surface area contributed by atoms with Gasteiger partial charge < -0.3 is 5.32 Å². The smallest absolute Gasteiger partial charge is 0.270 e. The van der Waals surface area contributed by atoms with Gasteiger partial charge in [-0.3, -0.25) is 14.9 Å². The van der Waals surface area contributed by atoms with Crippen molar-refractivity contribution in [2.45, 2.75) is 19.4 Å². The number of nitrogens with zero attached hydrogens (tertiary/aromatic N) is 1. The van der Waals surface area contributed by atoms with Gasteiger partial charge in [-0.05, 0) is 31.4 Å². The summed E-state index contributed by atoms with van der Waals surface area (Å²) in [6.45, 7) is 1.89. The van der Waals surface area contributed by atoms with E-state index in [-0.39, 0.29) is 28.2 Å². The molecule has 19 heavy (non-hydrogen) atoms. The lowest BCUT2D eigenvalue weighted by Gasteiger charge is -2.13. The molecule has 5 nitrogen and oxygen atoms in total. The molecule has 1 unspecified atom stereocenters. The van der Waals surface area contributed by atoms with E-state index >= 15 is 0 Å². The Bertz CT molecular complexity index is 482. The van der Waals surface area contributed by atoms with Crippen molar-refractivity contribution in [1.29, 1.82) is 0 Å². The molecule has 1 amide bonds. The molecule has 0 saturated carbocycles. The normalized spacial score (nSPS) is 11.9. The van der Waals surface area contributed by atoms with Crippen LogP contribution in [0.1, 0.15) is 23.7 Å². The first-order valence-corrected chi connectivity index (χ1v) is 7.46. The number of non-ortho nitro benzene ring substituents is 1. The van der Waals surface area contributed by atoms with Gasteiger partial charge in [-0.2, -0.15) is 11.8 Å². The van der Waals surface area contributed by atoms with Crippen LogP contribution in [0.4, 0.5) is 5.69 Å². The van der Waals surface area contributed by atoms with Crippen LogP contribution in [0.15, 0.2) is 18.2 Å². The van der Waals surface area contributed by atoms with Gasteiger partial charge in [-0.25, -0.2) is 0 Å². The second-order valence-electron chi connectivity index (χ2n) is 4.08. The molecule has 1 atom stereocenters. The quantitative estimate of drug-likeness (QED) is 0.647. The minimum absolute atomic E-state index is 0.00437. The number of nitrogens with one attached hydrogen (secondary N) is 1. The van der Waals surface area contributed by atoms with Gasteiger partial charge in [0.1, 0.15) is 0 Å². The van der Waals surface area contributed by atoms with E-state index in [0.717, 1.165) is 12.2 Å². The molecule has 0 aliphatic carbocycles. The van der Waals surface area contributed by atoms with Crippen LogP contribution in [-0.2, 0) is 0 Å². The standard InChI is InChI=1S/C12H15ClN2O3S/c1-8(5-6-19-2)14-12(16)10-7-9(15(17)18)3-4-11(10)13/h3-4,7-8H,5-6H2,1-2H3,(H,14,16). The van der Waals surface area contributed by atoms with E-state index in [2.05, 4.69) is 5.32 Å². The molecule has 1 N–H and O–H groups in total. The van der Waals surface area contributed by atoms with Crippen LogP contribution in [0.2, 0.25) is 5.02 Å². The van der Waals surface area contributed by atoms with Gasteiger partial charge in [0.05, 0.1) is 15.5 Å². The topological polar surface area (TPSA) is 72.2 Å². The number of nitro benzene ring substituents is 1. The average Bonchev–Trinajstić information content (AvgIpc) is 2.36. The fourth-order valence-corrected chi connectivity index (χ4v) is 2.26. The van der Waals surface area contributed by atoms with Crippen LogP contribution in [0.5, 0.6) is 0 Å². The number of hydrogen-bond acceptors (Lipinski definition) is 4. The summed E-state index contributed by atoms with van der Waals surface area (Å²) < 4.78 is 0. The van der Waals surface area contributed by atoms with E-state index in [1.54, 1.807) is 11.8 Å². The molecular weight excluding hydrogens is 288 g/mol. The second kappa shape index (κ2) is 7.35. The zero-order valence-electron chi connectivity index (χ0n) is 10.7. The van der Waals surface area contributed by atoms with Crippen LogP contribution in [0.3, 0.4) is 0 Å².